The molecule has 0 aromatic heterocycles. The zero-order chi connectivity index (χ0) is 9.73. The van der Waals surface area contributed by atoms with Gasteiger partial charge in [0.25, 0.3) is 0 Å². The van der Waals surface area contributed by atoms with Crippen molar-refractivity contribution in [1.29, 1.82) is 0 Å². The van der Waals surface area contributed by atoms with E-state index >= 15 is 0 Å². The van der Waals surface area contributed by atoms with E-state index in [1.54, 1.807) is 0 Å². The van der Waals surface area contributed by atoms with Crippen molar-refractivity contribution in [2.45, 2.75) is 30.4 Å². The van der Waals surface area contributed by atoms with Crippen molar-refractivity contribution in [1.82, 2.24) is 5.32 Å². The largest absolute Gasteiger partial charge is 0.355 e. The van der Waals surface area contributed by atoms with Gasteiger partial charge < -0.3 is 5.32 Å². The lowest BCUT2D eigenvalue weighted by Gasteiger charge is -2.40. The Morgan fingerprint density at radius 3 is 2.69 bits per heavy atom. The van der Waals surface area contributed by atoms with Crippen molar-refractivity contribution < 1.29 is 4.79 Å². The molecule has 0 spiro atoms. The molecule has 0 radical (unpaired) electrons. The molecular formula is C9H17NOS2. The standard InChI is InChI=1S/C9H17NOS2/c1-13-9(4-2-5-9)7-10-8(11)3-6-12/h12H,2-7H2,1H3,(H,10,11). The summed E-state index contributed by atoms with van der Waals surface area (Å²) < 4.78 is 0.353. The van der Waals surface area contributed by atoms with Crippen molar-refractivity contribution >= 4 is 30.3 Å². The maximum atomic E-state index is 11.2. The van der Waals surface area contributed by atoms with Gasteiger partial charge in [-0.15, -0.1) is 0 Å². The van der Waals surface area contributed by atoms with Gasteiger partial charge in [-0.2, -0.15) is 24.4 Å². The molecule has 1 aliphatic rings. The fraction of sp³-hybridized carbons (Fsp3) is 0.889. The first kappa shape index (κ1) is 11.2. The van der Waals surface area contributed by atoms with E-state index in [-0.39, 0.29) is 5.91 Å². The van der Waals surface area contributed by atoms with Gasteiger partial charge in [-0.25, -0.2) is 0 Å². The van der Waals surface area contributed by atoms with Gasteiger partial charge in [0.1, 0.15) is 0 Å². The van der Waals surface area contributed by atoms with Crippen molar-refractivity contribution in [2.75, 3.05) is 18.6 Å². The van der Waals surface area contributed by atoms with Crippen molar-refractivity contribution in [3.63, 3.8) is 0 Å². The molecule has 4 heteroatoms. The first-order chi connectivity index (χ1) is 6.22. The highest BCUT2D eigenvalue weighted by atomic mass is 32.2. The molecule has 1 aliphatic carbocycles. The van der Waals surface area contributed by atoms with Gasteiger partial charge in [0, 0.05) is 17.7 Å². The Morgan fingerprint density at radius 2 is 2.31 bits per heavy atom. The third kappa shape index (κ3) is 3.09. The second-order valence-corrected chi connectivity index (χ2v) is 5.21. The third-order valence-corrected chi connectivity index (χ3v) is 4.29. The molecule has 1 amide bonds. The molecule has 2 nitrogen and oxygen atoms in total. The van der Waals surface area contributed by atoms with Gasteiger partial charge in [0.2, 0.25) is 5.91 Å². The summed E-state index contributed by atoms with van der Waals surface area (Å²) in [5.41, 5.74) is 0. The topological polar surface area (TPSA) is 29.1 Å². The van der Waals surface area contributed by atoms with Gasteiger partial charge in [-0.1, -0.05) is 6.42 Å². The van der Waals surface area contributed by atoms with E-state index in [0.29, 0.717) is 16.9 Å². The fourth-order valence-corrected chi connectivity index (χ4v) is 2.59. The van der Waals surface area contributed by atoms with Crippen LogP contribution in [0.2, 0.25) is 0 Å². The van der Waals surface area contributed by atoms with Crippen LogP contribution in [0.3, 0.4) is 0 Å². The van der Waals surface area contributed by atoms with Crippen LogP contribution in [0.4, 0.5) is 0 Å². The first-order valence-electron chi connectivity index (χ1n) is 4.65. The molecule has 0 bridgehead atoms. The van der Waals surface area contributed by atoms with Crippen LogP contribution in [0.1, 0.15) is 25.7 Å². The second kappa shape index (κ2) is 5.15. The third-order valence-electron chi connectivity index (χ3n) is 2.64. The molecule has 1 rings (SSSR count). The van der Waals surface area contributed by atoms with E-state index in [9.17, 15) is 4.79 Å². The van der Waals surface area contributed by atoms with Crippen LogP contribution >= 0.6 is 24.4 Å². The predicted molar refractivity (Wildman–Crippen MR) is 61.6 cm³/mol. The number of thiol groups is 1. The summed E-state index contributed by atoms with van der Waals surface area (Å²) in [4.78, 5) is 11.2. The van der Waals surface area contributed by atoms with Crippen molar-refractivity contribution in [3.8, 4) is 0 Å². The molecule has 0 aliphatic heterocycles. The number of amides is 1. The SMILES string of the molecule is CSC1(CNC(=O)CCS)CCC1. The number of thioether (sulfide) groups is 1. The minimum absolute atomic E-state index is 0.135. The Balaban J connectivity index is 2.20. The molecular weight excluding hydrogens is 202 g/mol. The molecule has 76 valence electrons. The molecule has 1 N–H and O–H groups in total. The summed E-state index contributed by atoms with van der Waals surface area (Å²) in [5, 5.41) is 2.97. The van der Waals surface area contributed by atoms with Crippen LogP contribution in [0.25, 0.3) is 0 Å². The van der Waals surface area contributed by atoms with E-state index in [1.807, 2.05) is 11.8 Å². The minimum Gasteiger partial charge on any atom is -0.355 e. The molecule has 0 unspecified atom stereocenters. The van der Waals surface area contributed by atoms with Gasteiger partial charge in [-0.3, -0.25) is 4.79 Å². The zero-order valence-corrected chi connectivity index (χ0v) is 9.72. The number of hydrogen-bond acceptors (Lipinski definition) is 3. The van der Waals surface area contributed by atoms with E-state index in [2.05, 4.69) is 24.2 Å². The minimum atomic E-state index is 0.135. The normalized spacial score (nSPS) is 19.2. The Labute approximate surface area is 89.6 Å². The number of nitrogens with one attached hydrogen (secondary N) is 1. The monoisotopic (exact) mass is 219 g/mol. The lowest BCUT2D eigenvalue weighted by atomic mass is 9.84. The number of carbonyl (C=O) groups is 1. The summed E-state index contributed by atoms with van der Waals surface area (Å²) in [7, 11) is 0. The molecule has 0 aromatic rings. The zero-order valence-electron chi connectivity index (χ0n) is 8.01. The van der Waals surface area contributed by atoms with Crippen molar-refractivity contribution in [2.24, 2.45) is 0 Å². The Hall–Kier alpha value is 0.170. The lowest BCUT2D eigenvalue weighted by molar-refractivity contribution is -0.120. The number of hydrogen-bond donors (Lipinski definition) is 2. The smallest absolute Gasteiger partial charge is 0.220 e. The van der Waals surface area contributed by atoms with Gasteiger partial charge in [0.05, 0.1) is 0 Å². The lowest BCUT2D eigenvalue weighted by Crippen LogP contribution is -2.45. The Morgan fingerprint density at radius 1 is 1.62 bits per heavy atom. The Kier molecular flexibility index (Phi) is 4.46. The van der Waals surface area contributed by atoms with E-state index in [0.717, 1.165) is 6.54 Å². The van der Waals surface area contributed by atoms with E-state index in [4.69, 9.17) is 0 Å². The molecule has 13 heavy (non-hydrogen) atoms. The van der Waals surface area contributed by atoms with Crippen LogP contribution in [0.5, 0.6) is 0 Å². The number of carbonyl (C=O) groups excluding carboxylic acids is 1. The van der Waals surface area contributed by atoms with E-state index in [1.165, 1.54) is 19.3 Å². The highest BCUT2D eigenvalue weighted by Gasteiger charge is 2.36. The van der Waals surface area contributed by atoms with Gasteiger partial charge >= 0.3 is 0 Å². The fourth-order valence-electron chi connectivity index (χ4n) is 1.47. The van der Waals surface area contributed by atoms with Crippen LogP contribution in [-0.4, -0.2) is 29.2 Å². The maximum absolute atomic E-state index is 11.2. The van der Waals surface area contributed by atoms with Gasteiger partial charge in [-0.05, 0) is 24.9 Å². The van der Waals surface area contributed by atoms with E-state index < -0.39 is 0 Å². The maximum Gasteiger partial charge on any atom is 0.220 e. The summed E-state index contributed by atoms with van der Waals surface area (Å²) in [6.45, 7) is 0.834. The highest BCUT2D eigenvalue weighted by Crippen LogP contribution is 2.42. The van der Waals surface area contributed by atoms with Gasteiger partial charge in [0.15, 0.2) is 0 Å². The molecule has 0 aromatic carbocycles. The highest BCUT2D eigenvalue weighted by molar-refractivity contribution is 8.00. The molecule has 1 fully saturated rings. The first-order valence-corrected chi connectivity index (χ1v) is 6.51. The Bertz CT molecular complexity index is 175. The van der Waals surface area contributed by atoms with Crippen LogP contribution in [0.15, 0.2) is 0 Å². The second-order valence-electron chi connectivity index (χ2n) is 3.49. The predicted octanol–water partition coefficient (Wildman–Crippen LogP) is 1.71. The number of rotatable bonds is 5. The van der Waals surface area contributed by atoms with Crippen LogP contribution < -0.4 is 5.32 Å². The summed E-state index contributed by atoms with van der Waals surface area (Å²) in [5.74, 6) is 0.772. The molecule has 0 atom stereocenters. The summed E-state index contributed by atoms with van der Waals surface area (Å²) in [6, 6.07) is 0. The molecule has 0 heterocycles. The van der Waals surface area contributed by atoms with Crippen molar-refractivity contribution in [3.05, 3.63) is 0 Å². The average Bonchev–Trinajstić information content (AvgIpc) is 2.04. The molecule has 0 saturated heterocycles. The van der Waals surface area contributed by atoms with Crippen LogP contribution in [-0.2, 0) is 4.79 Å². The quantitative estimate of drug-likeness (QED) is 0.689. The average molecular weight is 219 g/mol. The summed E-state index contributed by atoms with van der Waals surface area (Å²) >= 11 is 5.90. The summed E-state index contributed by atoms with van der Waals surface area (Å²) in [6.07, 6.45) is 6.46. The van der Waals surface area contributed by atoms with Crippen LogP contribution in [0, 0.1) is 0 Å². The molecule has 1 saturated carbocycles.